The molecule has 0 bridgehead atoms. The van der Waals surface area contributed by atoms with Gasteiger partial charge in [-0.1, -0.05) is 0 Å². The van der Waals surface area contributed by atoms with Crippen molar-refractivity contribution in [3.8, 4) is 5.13 Å². The molecule has 6 nitrogen and oxygen atoms in total. The topological polar surface area (TPSA) is 53.4 Å². The van der Waals surface area contributed by atoms with Gasteiger partial charge in [0.15, 0.2) is 5.13 Å². The molecule has 27 heavy (non-hydrogen) atoms. The highest BCUT2D eigenvalue weighted by atomic mass is 32.1. The summed E-state index contributed by atoms with van der Waals surface area (Å²) >= 11 is 1.54. The van der Waals surface area contributed by atoms with Crippen molar-refractivity contribution in [1.29, 1.82) is 0 Å². The van der Waals surface area contributed by atoms with Gasteiger partial charge >= 0.3 is 0 Å². The van der Waals surface area contributed by atoms with E-state index in [9.17, 15) is 4.79 Å². The van der Waals surface area contributed by atoms with Crippen LogP contribution in [-0.4, -0.2) is 53.6 Å². The van der Waals surface area contributed by atoms with Crippen molar-refractivity contribution in [2.24, 2.45) is 0 Å². The first kappa shape index (κ1) is 17.8. The zero-order valence-corrected chi connectivity index (χ0v) is 16.2. The molecule has 0 spiro atoms. The first-order chi connectivity index (χ1) is 13.2. The van der Waals surface area contributed by atoms with E-state index in [-0.39, 0.29) is 12.3 Å². The molecule has 0 saturated carbocycles. The van der Waals surface area contributed by atoms with E-state index in [4.69, 9.17) is 0 Å². The summed E-state index contributed by atoms with van der Waals surface area (Å²) in [5, 5.41) is 5.77. The molecule has 0 unspecified atom stereocenters. The van der Waals surface area contributed by atoms with Gasteiger partial charge in [-0.3, -0.25) is 4.79 Å². The van der Waals surface area contributed by atoms with Gasteiger partial charge in [0.2, 0.25) is 5.91 Å². The molecule has 1 aliphatic heterocycles. The average Bonchev–Trinajstić information content (AvgIpc) is 3.35. The second-order valence-electron chi connectivity index (χ2n) is 6.77. The molecule has 4 rings (SSSR count). The van der Waals surface area contributed by atoms with Crippen molar-refractivity contribution in [3.63, 3.8) is 0 Å². The third kappa shape index (κ3) is 4.37. The Kier molecular flexibility index (Phi) is 5.22. The number of amides is 1. The normalized spacial score (nSPS) is 15.1. The van der Waals surface area contributed by atoms with Gasteiger partial charge in [-0.25, -0.2) is 4.98 Å². The number of thiazole rings is 1. The van der Waals surface area contributed by atoms with E-state index >= 15 is 0 Å². The lowest BCUT2D eigenvalue weighted by Gasteiger charge is -2.34. The fourth-order valence-electron chi connectivity index (χ4n) is 3.15. The smallest absolute Gasteiger partial charge is 0.230 e. The minimum absolute atomic E-state index is 0.0493. The summed E-state index contributed by atoms with van der Waals surface area (Å²) in [5.74, 6) is -0.0493. The number of nitrogens with zero attached hydrogens (tertiary/aromatic N) is 4. The molecule has 2 aromatic heterocycles. The SMILES string of the molecule is CN1CCN(c2ccc(NC(=O)Cc3csc(-n4cccc4)n3)cc2)CC1. The summed E-state index contributed by atoms with van der Waals surface area (Å²) < 4.78 is 1.95. The Hall–Kier alpha value is -2.64. The maximum absolute atomic E-state index is 12.3. The van der Waals surface area contributed by atoms with Crippen LogP contribution in [0.25, 0.3) is 5.13 Å². The van der Waals surface area contributed by atoms with Crippen LogP contribution in [0.2, 0.25) is 0 Å². The summed E-state index contributed by atoms with van der Waals surface area (Å²) in [6.45, 7) is 4.24. The van der Waals surface area contributed by atoms with Gasteiger partial charge in [-0.2, -0.15) is 0 Å². The summed E-state index contributed by atoms with van der Waals surface area (Å²) in [6.07, 6.45) is 4.17. The van der Waals surface area contributed by atoms with Crippen LogP contribution >= 0.6 is 11.3 Å². The highest BCUT2D eigenvalue weighted by Gasteiger charge is 2.14. The average molecular weight is 382 g/mol. The molecule has 1 fully saturated rings. The number of anilines is 2. The Morgan fingerprint density at radius 1 is 1.11 bits per heavy atom. The van der Waals surface area contributed by atoms with Crippen LogP contribution in [0.15, 0.2) is 54.2 Å². The van der Waals surface area contributed by atoms with E-state index in [2.05, 4.69) is 39.3 Å². The lowest BCUT2D eigenvalue weighted by Crippen LogP contribution is -2.44. The molecular weight excluding hydrogens is 358 g/mol. The minimum Gasteiger partial charge on any atom is -0.369 e. The highest BCUT2D eigenvalue weighted by molar-refractivity contribution is 7.12. The number of nitrogens with one attached hydrogen (secondary N) is 1. The molecule has 3 aromatic rings. The summed E-state index contributed by atoms with van der Waals surface area (Å²) in [4.78, 5) is 21.6. The van der Waals surface area contributed by atoms with Crippen LogP contribution < -0.4 is 10.2 Å². The molecule has 0 aliphatic carbocycles. The van der Waals surface area contributed by atoms with E-state index in [0.717, 1.165) is 42.7 Å². The predicted octanol–water partition coefficient (Wildman–Crippen LogP) is 2.87. The molecule has 1 aliphatic rings. The van der Waals surface area contributed by atoms with Crippen molar-refractivity contribution in [2.45, 2.75) is 6.42 Å². The van der Waals surface area contributed by atoms with E-state index in [0.29, 0.717) is 0 Å². The largest absolute Gasteiger partial charge is 0.369 e. The Morgan fingerprint density at radius 3 is 2.52 bits per heavy atom. The van der Waals surface area contributed by atoms with Crippen molar-refractivity contribution in [1.82, 2.24) is 14.5 Å². The number of hydrogen-bond acceptors (Lipinski definition) is 5. The number of piperazine rings is 1. The van der Waals surface area contributed by atoms with Gasteiger partial charge in [0.1, 0.15) is 0 Å². The number of benzene rings is 1. The van der Waals surface area contributed by atoms with Gasteiger partial charge in [0.05, 0.1) is 12.1 Å². The number of carbonyl (C=O) groups excluding carboxylic acids is 1. The fraction of sp³-hybridized carbons (Fsp3) is 0.300. The van der Waals surface area contributed by atoms with Crippen molar-refractivity contribution < 1.29 is 4.79 Å². The maximum Gasteiger partial charge on any atom is 0.230 e. The first-order valence-corrected chi connectivity index (χ1v) is 9.96. The number of carbonyl (C=O) groups is 1. The van der Waals surface area contributed by atoms with Crippen molar-refractivity contribution in [3.05, 3.63) is 59.9 Å². The monoisotopic (exact) mass is 381 g/mol. The summed E-state index contributed by atoms with van der Waals surface area (Å²) in [6, 6.07) is 12.0. The molecule has 0 radical (unpaired) electrons. The standard InChI is InChI=1S/C20H23N5OS/c1-23-10-12-24(13-11-23)18-6-4-16(5-7-18)21-19(26)14-17-15-27-20(22-17)25-8-2-3-9-25/h2-9,15H,10-14H2,1H3,(H,21,26). The van der Waals surface area contributed by atoms with Crippen LogP contribution in [0.3, 0.4) is 0 Å². The van der Waals surface area contributed by atoms with Gasteiger partial charge in [-0.05, 0) is 43.4 Å². The van der Waals surface area contributed by atoms with Crippen LogP contribution in [0.1, 0.15) is 5.69 Å². The lowest BCUT2D eigenvalue weighted by molar-refractivity contribution is -0.115. The van der Waals surface area contributed by atoms with Crippen LogP contribution in [0, 0.1) is 0 Å². The first-order valence-electron chi connectivity index (χ1n) is 9.08. The maximum atomic E-state index is 12.3. The van der Waals surface area contributed by atoms with Crippen LogP contribution in [-0.2, 0) is 11.2 Å². The molecule has 3 heterocycles. The summed E-state index contributed by atoms with van der Waals surface area (Å²) in [5.41, 5.74) is 2.81. The molecule has 1 N–H and O–H groups in total. The Morgan fingerprint density at radius 2 is 1.81 bits per heavy atom. The van der Waals surface area contributed by atoms with Gasteiger partial charge in [0.25, 0.3) is 0 Å². The fourth-order valence-corrected chi connectivity index (χ4v) is 3.94. The van der Waals surface area contributed by atoms with Crippen molar-refractivity contribution >= 4 is 28.6 Å². The Labute approximate surface area is 163 Å². The quantitative estimate of drug-likeness (QED) is 0.738. The Bertz CT molecular complexity index is 880. The van der Waals surface area contributed by atoms with Gasteiger partial charge in [0, 0.05) is 55.3 Å². The van der Waals surface area contributed by atoms with Crippen LogP contribution in [0.4, 0.5) is 11.4 Å². The molecule has 7 heteroatoms. The third-order valence-electron chi connectivity index (χ3n) is 4.73. The Balaban J connectivity index is 1.33. The van der Waals surface area contributed by atoms with E-state index < -0.39 is 0 Å². The van der Waals surface area contributed by atoms with Gasteiger partial charge in [-0.15, -0.1) is 11.3 Å². The van der Waals surface area contributed by atoms with E-state index in [1.165, 1.54) is 17.0 Å². The molecule has 1 saturated heterocycles. The number of likely N-dealkylation sites (N-methyl/N-ethyl adjacent to an activating group) is 1. The predicted molar refractivity (Wildman–Crippen MR) is 110 cm³/mol. The number of hydrogen-bond donors (Lipinski definition) is 1. The molecular formula is C20H23N5OS. The van der Waals surface area contributed by atoms with Crippen molar-refractivity contribution in [2.75, 3.05) is 43.4 Å². The van der Waals surface area contributed by atoms with Gasteiger partial charge < -0.3 is 19.7 Å². The van der Waals surface area contributed by atoms with E-state index in [1.807, 2.05) is 46.6 Å². The highest BCUT2D eigenvalue weighted by Crippen LogP contribution is 2.20. The third-order valence-corrected chi connectivity index (χ3v) is 5.63. The second-order valence-corrected chi connectivity index (χ2v) is 7.61. The second kappa shape index (κ2) is 7.94. The zero-order chi connectivity index (χ0) is 18.6. The molecule has 0 atom stereocenters. The molecule has 1 amide bonds. The zero-order valence-electron chi connectivity index (χ0n) is 15.3. The number of rotatable bonds is 5. The van der Waals surface area contributed by atoms with Crippen LogP contribution in [0.5, 0.6) is 0 Å². The summed E-state index contributed by atoms with van der Waals surface area (Å²) in [7, 11) is 2.15. The molecule has 140 valence electrons. The number of aromatic nitrogens is 2. The lowest BCUT2D eigenvalue weighted by atomic mass is 10.2. The molecule has 1 aromatic carbocycles. The van der Waals surface area contributed by atoms with E-state index in [1.54, 1.807) is 0 Å². The minimum atomic E-state index is -0.0493.